The van der Waals surface area contributed by atoms with E-state index in [9.17, 15) is 14.9 Å². The molecule has 0 heterocycles. The lowest BCUT2D eigenvalue weighted by Gasteiger charge is -2.23. The topological polar surface area (TPSA) is 72.7 Å². The van der Waals surface area contributed by atoms with Crippen LogP contribution in [0.5, 0.6) is 0 Å². The van der Waals surface area contributed by atoms with Crippen LogP contribution in [-0.2, 0) is 9.53 Å². The van der Waals surface area contributed by atoms with Gasteiger partial charge in [0.2, 0.25) is 0 Å². The highest BCUT2D eigenvalue weighted by Crippen LogP contribution is 2.30. The second kappa shape index (κ2) is 7.23. The number of rotatable bonds is 6. The minimum atomic E-state index is -0.408. The highest BCUT2D eigenvalue weighted by molar-refractivity contribution is 9.10. The summed E-state index contributed by atoms with van der Waals surface area (Å²) < 4.78 is 5.71. The molecule has 0 amide bonds. The number of hydrogen-bond donors (Lipinski definition) is 0. The molecule has 1 atom stereocenters. The maximum atomic E-state index is 11.0. The number of esters is 1. The Bertz CT molecular complexity index is 507. The molecule has 20 heavy (non-hydrogen) atoms. The molecule has 1 aromatic rings. The third kappa shape index (κ3) is 4.80. The average Bonchev–Trinajstić information content (AvgIpc) is 2.35. The molecule has 0 N–H and O–H groups in total. The Morgan fingerprint density at radius 1 is 1.55 bits per heavy atom. The van der Waals surface area contributed by atoms with Crippen molar-refractivity contribution in [2.45, 2.75) is 13.8 Å². The molecule has 0 fully saturated rings. The van der Waals surface area contributed by atoms with E-state index >= 15 is 0 Å². The molecule has 0 aliphatic carbocycles. The molecule has 0 bridgehead atoms. The monoisotopic (exact) mass is 344 g/mol. The molecule has 0 radical (unpaired) electrons. The van der Waals surface area contributed by atoms with Crippen LogP contribution in [0.1, 0.15) is 13.8 Å². The van der Waals surface area contributed by atoms with E-state index in [2.05, 4.69) is 15.9 Å². The first-order valence-electron chi connectivity index (χ1n) is 6.09. The molecule has 1 aromatic carbocycles. The summed E-state index contributed by atoms with van der Waals surface area (Å²) in [5.41, 5.74) is 0.578. The van der Waals surface area contributed by atoms with Crippen molar-refractivity contribution in [2.24, 2.45) is 5.92 Å². The van der Waals surface area contributed by atoms with Crippen LogP contribution in [0.15, 0.2) is 22.7 Å². The third-order valence-electron chi connectivity index (χ3n) is 2.70. The number of nitro benzene ring substituents is 1. The van der Waals surface area contributed by atoms with Crippen LogP contribution >= 0.6 is 15.9 Å². The van der Waals surface area contributed by atoms with Crippen LogP contribution < -0.4 is 4.90 Å². The van der Waals surface area contributed by atoms with E-state index in [1.165, 1.54) is 13.0 Å². The zero-order chi connectivity index (χ0) is 15.3. The largest absolute Gasteiger partial charge is 0.466 e. The van der Waals surface area contributed by atoms with Gasteiger partial charge in [-0.05, 0) is 12.1 Å². The summed E-state index contributed by atoms with van der Waals surface area (Å²) in [6, 6.07) is 4.81. The van der Waals surface area contributed by atoms with Gasteiger partial charge in [0.1, 0.15) is 5.69 Å². The van der Waals surface area contributed by atoms with Gasteiger partial charge < -0.3 is 9.64 Å². The van der Waals surface area contributed by atoms with E-state index in [0.29, 0.717) is 18.8 Å². The van der Waals surface area contributed by atoms with Gasteiger partial charge in [0.25, 0.3) is 5.69 Å². The lowest BCUT2D eigenvalue weighted by Crippen LogP contribution is -2.27. The Morgan fingerprint density at radius 3 is 2.75 bits per heavy atom. The Morgan fingerprint density at radius 2 is 2.20 bits per heavy atom. The quantitative estimate of drug-likeness (QED) is 0.450. The van der Waals surface area contributed by atoms with Crippen LogP contribution in [-0.4, -0.2) is 31.1 Å². The molecule has 0 aliphatic heterocycles. The van der Waals surface area contributed by atoms with Gasteiger partial charge in [-0.1, -0.05) is 22.9 Å². The molecule has 0 aromatic heterocycles. The maximum absolute atomic E-state index is 11.0. The van der Waals surface area contributed by atoms with E-state index in [1.807, 2.05) is 6.92 Å². The number of carbonyl (C=O) groups excluding carboxylic acids is 1. The number of nitro groups is 1. The fourth-order valence-corrected chi connectivity index (χ4v) is 2.18. The number of benzene rings is 1. The molecule has 6 nitrogen and oxygen atoms in total. The van der Waals surface area contributed by atoms with Crippen molar-refractivity contribution < 1.29 is 14.5 Å². The standard InChI is InChI=1S/C13H17BrN2O4/c1-9(8-20-10(2)17)7-15(3)13-6-11(14)4-5-12(13)16(18)19/h4-6,9H,7-8H2,1-3H3/t9-/m1/s1. The summed E-state index contributed by atoms with van der Waals surface area (Å²) in [6.45, 7) is 4.12. The summed E-state index contributed by atoms with van der Waals surface area (Å²) in [7, 11) is 1.78. The second-order valence-electron chi connectivity index (χ2n) is 4.68. The molecule has 0 saturated carbocycles. The lowest BCUT2D eigenvalue weighted by molar-refractivity contribution is -0.384. The molecule has 1 rings (SSSR count). The zero-order valence-electron chi connectivity index (χ0n) is 11.6. The lowest BCUT2D eigenvalue weighted by atomic mass is 10.1. The zero-order valence-corrected chi connectivity index (χ0v) is 13.2. The Balaban J connectivity index is 2.80. The Hall–Kier alpha value is -1.63. The average molecular weight is 345 g/mol. The summed E-state index contributed by atoms with van der Waals surface area (Å²) in [4.78, 5) is 23.2. The van der Waals surface area contributed by atoms with Crippen LogP contribution in [0.3, 0.4) is 0 Å². The SMILES string of the molecule is CC(=O)OC[C@H](C)CN(C)c1cc(Br)ccc1[N+](=O)[O-]. The number of halogens is 1. The second-order valence-corrected chi connectivity index (χ2v) is 5.59. The Kier molecular flexibility index (Phi) is 5.94. The number of anilines is 1. The van der Waals surface area contributed by atoms with Gasteiger partial charge in [-0.25, -0.2) is 0 Å². The van der Waals surface area contributed by atoms with Gasteiger partial charge in [-0.15, -0.1) is 0 Å². The van der Waals surface area contributed by atoms with Crippen molar-refractivity contribution >= 4 is 33.3 Å². The van der Waals surface area contributed by atoms with Crippen LogP contribution in [0.25, 0.3) is 0 Å². The molecular formula is C13H17BrN2O4. The normalized spacial score (nSPS) is 11.8. The van der Waals surface area contributed by atoms with E-state index in [4.69, 9.17) is 4.74 Å². The van der Waals surface area contributed by atoms with Crippen molar-refractivity contribution in [3.05, 3.63) is 32.8 Å². The summed E-state index contributed by atoms with van der Waals surface area (Å²) in [5, 5.41) is 11.0. The minimum Gasteiger partial charge on any atom is -0.466 e. The molecular weight excluding hydrogens is 328 g/mol. The van der Waals surface area contributed by atoms with Gasteiger partial charge >= 0.3 is 5.97 Å². The van der Waals surface area contributed by atoms with Gasteiger partial charge in [0.15, 0.2) is 0 Å². The van der Waals surface area contributed by atoms with Gasteiger partial charge in [-0.3, -0.25) is 14.9 Å². The molecule has 0 unspecified atom stereocenters. The highest BCUT2D eigenvalue weighted by atomic mass is 79.9. The van der Waals surface area contributed by atoms with E-state index in [-0.39, 0.29) is 17.6 Å². The smallest absolute Gasteiger partial charge is 0.302 e. The molecule has 0 aliphatic rings. The predicted molar refractivity (Wildman–Crippen MR) is 79.9 cm³/mol. The fourth-order valence-electron chi connectivity index (χ4n) is 1.83. The molecule has 7 heteroatoms. The maximum Gasteiger partial charge on any atom is 0.302 e. The predicted octanol–water partition coefficient (Wildman–Crippen LogP) is 2.99. The molecule has 0 spiro atoms. The first-order valence-corrected chi connectivity index (χ1v) is 6.89. The summed E-state index contributed by atoms with van der Waals surface area (Å²) >= 11 is 3.31. The fraction of sp³-hybridized carbons (Fsp3) is 0.462. The van der Waals surface area contributed by atoms with Gasteiger partial charge in [0, 0.05) is 37.0 Å². The van der Waals surface area contributed by atoms with Gasteiger partial charge in [-0.2, -0.15) is 0 Å². The summed E-state index contributed by atoms with van der Waals surface area (Å²) in [6.07, 6.45) is 0. The van der Waals surface area contributed by atoms with Crippen molar-refractivity contribution in [1.29, 1.82) is 0 Å². The number of nitrogens with zero attached hydrogens (tertiary/aromatic N) is 2. The minimum absolute atomic E-state index is 0.0513. The Labute approximate surface area is 126 Å². The van der Waals surface area contributed by atoms with Crippen molar-refractivity contribution in [1.82, 2.24) is 0 Å². The molecule has 0 saturated heterocycles. The van der Waals surface area contributed by atoms with Crippen molar-refractivity contribution in [2.75, 3.05) is 25.1 Å². The number of hydrogen-bond acceptors (Lipinski definition) is 5. The van der Waals surface area contributed by atoms with Crippen molar-refractivity contribution in [3.63, 3.8) is 0 Å². The molecule has 110 valence electrons. The van der Waals surface area contributed by atoms with Crippen LogP contribution in [0.2, 0.25) is 0 Å². The third-order valence-corrected chi connectivity index (χ3v) is 3.20. The number of carbonyl (C=O) groups is 1. The van der Waals surface area contributed by atoms with Crippen LogP contribution in [0.4, 0.5) is 11.4 Å². The first-order chi connectivity index (χ1) is 9.31. The number of ether oxygens (including phenoxy) is 1. The van der Waals surface area contributed by atoms with Crippen molar-refractivity contribution in [3.8, 4) is 0 Å². The van der Waals surface area contributed by atoms with Crippen LogP contribution in [0, 0.1) is 16.0 Å². The van der Waals surface area contributed by atoms with Gasteiger partial charge in [0.05, 0.1) is 11.5 Å². The summed E-state index contributed by atoms with van der Waals surface area (Å²) in [5.74, 6) is -0.254. The highest BCUT2D eigenvalue weighted by Gasteiger charge is 2.19. The van der Waals surface area contributed by atoms with E-state index in [1.54, 1.807) is 24.1 Å². The van der Waals surface area contributed by atoms with E-state index in [0.717, 1.165) is 4.47 Å². The van der Waals surface area contributed by atoms with E-state index < -0.39 is 4.92 Å². The first kappa shape index (κ1) is 16.4.